The third-order valence-electron chi connectivity index (χ3n) is 4.28. The van der Waals surface area contributed by atoms with Crippen molar-refractivity contribution < 1.29 is 4.79 Å². The molecule has 0 aromatic carbocycles. The Balaban J connectivity index is 1.56. The van der Waals surface area contributed by atoms with Crippen LogP contribution < -0.4 is 0 Å². The van der Waals surface area contributed by atoms with Gasteiger partial charge in [0.25, 0.3) is 0 Å². The molecule has 6 nitrogen and oxygen atoms in total. The molecule has 0 radical (unpaired) electrons. The van der Waals surface area contributed by atoms with E-state index in [0.717, 1.165) is 49.8 Å². The molecule has 3 heterocycles. The lowest BCUT2D eigenvalue weighted by Crippen LogP contribution is -2.38. The fraction of sp³-hybridized carbons (Fsp3) is 0.562. The Kier molecular flexibility index (Phi) is 5.07. The topological polar surface area (TPSA) is 54.3 Å². The van der Waals surface area contributed by atoms with E-state index in [4.69, 9.17) is 0 Å². The third kappa shape index (κ3) is 3.97. The molecule has 1 saturated heterocycles. The predicted octanol–water partition coefficient (Wildman–Crippen LogP) is 1.94. The molecule has 1 fully saturated rings. The van der Waals surface area contributed by atoms with E-state index in [1.807, 2.05) is 29.5 Å². The molecule has 23 heavy (non-hydrogen) atoms. The average Bonchev–Trinajstić information content (AvgIpc) is 3.15. The van der Waals surface area contributed by atoms with Gasteiger partial charge in [-0.15, -0.1) is 11.3 Å². The second-order valence-corrected chi connectivity index (χ2v) is 7.06. The van der Waals surface area contributed by atoms with Gasteiger partial charge in [0.05, 0.1) is 17.0 Å². The van der Waals surface area contributed by atoms with Crippen LogP contribution in [-0.4, -0.2) is 56.4 Å². The molecule has 0 saturated carbocycles. The lowest BCUT2D eigenvalue weighted by atomic mass is 10.2. The van der Waals surface area contributed by atoms with Crippen molar-refractivity contribution in [2.24, 2.45) is 0 Å². The van der Waals surface area contributed by atoms with Gasteiger partial charge < -0.3 is 9.47 Å². The highest BCUT2D eigenvalue weighted by Crippen LogP contribution is 2.15. The smallest absolute Gasteiger partial charge is 0.245 e. The normalized spacial score (nSPS) is 17.9. The van der Waals surface area contributed by atoms with Crippen LogP contribution in [0.1, 0.15) is 30.1 Å². The van der Waals surface area contributed by atoms with Crippen LogP contribution in [0.25, 0.3) is 0 Å². The Bertz CT molecular complexity index is 639. The van der Waals surface area contributed by atoms with Gasteiger partial charge in [0.15, 0.2) is 0 Å². The maximum Gasteiger partial charge on any atom is 0.245 e. The van der Waals surface area contributed by atoms with Gasteiger partial charge in [-0.1, -0.05) is 0 Å². The van der Waals surface area contributed by atoms with Crippen molar-refractivity contribution in [3.63, 3.8) is 0 Å². The van der Waals surface area contributed by atoms with Crippen LogP contribution in [0.3, 0.4) is 0 Å². The number of aryl methyl sites for hydroxylation is 1. The summed E-state index contributed by atoms with van der Waals surface area (Å²) in [4.78, 5) is 25.6. The Morgan fingerprint density at radius 3 is 2.91 bits per heavy atom. The van der Waals surface area contributed by atoms with Crippen LogP contribution >= 0.6 is 11.3 Å². The van der Waals surface area contributed by atoms with Gasteiger partial charge in [-0.3, -0.25) is 9.69 Å². The monoisotopic (exact) mass is 333 g/mol. The van der Waals surface area contributed by atoms with Gasteiger partial charge in [0, 0.05) is 50.5 Å². The number of carbonyl (C=O) groups is 1. The van der Waals surface area contributed by atoms with Gasteiger partial charge in [0.2, 0.25) is 5.91 Å². The lowest BCUT2D eigenvalue weighted by Gasteiger charge is -2.25. The highest BCUT2D eigenvalue weighted by atomic mass is 32.1. The van der Waals surface area contributed by atoms with Crippen molar-refractivity contribution in [3.8, 4) is 0 Å². The van der Waals surface area contributed by atoms with Crippen LogP contribution in [0.5, 0.6) is 0 Å². The van der Waals surface area contributed by atoms with Gasteiger partial charge in [0.1, 0.15) is 6.04 Å². The van der Waals surface area contributed by atoms with Crippen molar-refractivity contribution >= 4 is 17.2 Å². The van der Waals surface area contributed by atoms with E-state index in [0.29, 0.717) is 0 Å². The van der Waals surface area contributed by atoms with Gasteiger partial charge in [-0.25, -0.2) is 9.97 Å². The predicted molar refractivity (Wildman–Crippen MR) is 90.3 cm³/mol. The number of nitrogens with zero attached hydrogens (tertiary/aromatic N) is 5. The van der Waals surface area contributed by atoms with E-state index in [-0.39, 0.29) is 11.9 Å². The Morgan fingerprint density at radius 1 is 1.35 bits per heavy atom. The van der Waals surface area contributed by atoms with Crippen LogP contribution in [0.4, 0.5) is 0 Å². The summed E-state index contributed by atoms with van der Waals surface area (Å²) in [5, 5.41) is 3.24. The van der Waals surface area contributed by atoms with E-state index < -0.39 is 0 Å². The highest BCUT2D eigenvalue weighted by molar-refractivity contribution is 7.09. The number of imidazole rings is 1. The van der Waals surface area contributed by atoms with Crippen LogP contribution in [0.15, 0.2) is 24.1 Å². The summed E-state index contributed by atoms with van der Waals surface area (Å²) in [7, 11) is 0. The molecule has 1 aliphatic heterocycles. The summed E-state index contributed by atoms with van der Waals surface area (Å²) in [6.07, 6.45) is 6.27. The average molecular weight is 333 g/mol. The first kappa shape index (κ1) is 16.1. The summed E-state index contributed by atoms with van der Waals surface area (Å²) in [6, 6.07) is -0.190. The van der Waals surface area contributed by atoms with Crippen molar-refractivity contribution in [3.05, 3.63) is 34.8 Å². The number of carbonyl (C=O) groups excluding carboxylic acids is 1. The number of hydrogen-bond donors (Lipinski definition) is 0. The van der Waals surface area contributed by atoms with Crippen LogP contribution in [-0.2, 0) is 11.3 Å². The number of aromatic nitrogens is 3. The van der Waals surface area contributed by atoms with Crippen molar-refractivity contribution in [1.82, 2.24) is 24.3 Å². The second kappa shape index (κ2) is 7.23. The van der Waals surface area contributed by atoms with E-state index >= 15 is 0 Å². The Hall–Kier alpha value is -1.73. The first-order valence-corrected chi connectivity index (χ1v) is 8.91. The molecule has 3 rings (SSSR count). The SMILES string of the molecule is Cc1nc(CN2CCCN(C(=O)C(C)n3ccnc3)CC2)cs1. The Morgan fingerprint density at radius 2 is 2.22 bits per heavy atom. The number of amides is 1. The summed E-state index contributed by atoms with van der Waals surface area (Å²) < 4.78 is 1.86. The zero-order valence-electron chi connectivity index (χ0n) is 13.7. The van der Waals surface area contributed by atoms with E-state index in [2.05, 4.69) is 20.2 Å². The van der Waals surface area contributed by atoms with Crippen molar-refractivity contribution in [2.75, 3.05) is 26.2 Å². The Labute approximate surface area is 140 Å². The number of rotatable bonds is 4. The molecular formula is C16H23N5OS. The second-order valence-electron chi connectivity index (χ2n) is 6.00. The first-order valence-electron chi connectivity index (χ1n) is 8.03. The molecule has 0 spiro atoms. The molecule has 1 unspecified atom stereocenters. The maximum atomic E-state index is 12.7. The maximum absolute atomic E-state index is 12.7. The van der Waals surface area contributed by atoms with Gasteiger partial charge in [-0.05, 0) is 20.3 Å². The first-order chi connectivity index (χ1) is 11.1. The number of thiazole rings is 1. The van der Waals surface area contributed by atoms with E-state index in [9.17, 15) is 4.79 Å². The molecule has 0 aliphatic carbocycles. The minimum absolute atomic E-state index is 0.175. The largest absolute Gasteiger partial charge is 0.340 e. The summed E-state index contributed by atoms with van der Waals surface area (Å²) >= 11 is 1.70. The van der Waals surface area contributed by atoms with Crippen molar-refractivity contribution in [1.29, 1.82) is 0 Å². The van der Waals surface area contributed by atoms with Crippen molar-refractivity contribution in [2.45, 2.75) is 32.9 Å². The zero-order valence-corrected chi connectivity index (χ0v) is 14.5. The molecule has 0 N–H and O–H groups in total. The molecule has 1 aliphatic rings. The molecule has 0 bridgehead atoms. The summed E-state index contributed by atoms with van der Waals surface area (Å²) in [6.45, 7) is 8.37. The fourth-order valence-electron chi connectivity index (χ4n) is 2.95. The van der Waals surface area contributed by atoms with E-state index in [1.54, 1.807) is 23.9 Å². The minimum Gasteiger partial charge on any atom is -0.340 e. The molecule has 7 heteroatoms. The molecular weight excluding hydrogens is 310 g/mol. The van der Waals surface area contributed by atoms with Gasteiger partial charge >= 0.3 is 0 Å². The highest BCUT2D eigenvalue weighted by Gasteiger charge is 2.24. The summed E-state index contributed by atoms with van der Waals surface area (Å²) in [5.41, 5.74) is 1.14. The quantitative estimate of drug-likeness (QED) is 0.858. The molecule has 2 aromatic heterocycles. The van der Waals surface area contributed by atoms with E-state index in [1.165, 1.54) is 0 Å². The number of hydrogen-bond acceptors (Lipinski definition) is 5. The zero-order chi connectivity index (χ0) is 16.2. The molecule has 2 aromatic rings. The molecule has 1 amide bonds. The van der Waals surface area contributed by atoms with Gasteiger partial charge in [-0.2, -0.15) is 0 Å². The minimum atomic E-state index is -0.190. The third-order valence-corrected chi connectivity index (χ3v) is 5.10. The fourth-order valence-corrected chi connectivity index (χ4v) is 3.55. The van der Waals surface area contributed by atoms with Crippen LogP contribution in [0.2, 0.25) is 0 Å². The lowest BCUT2D eigenvalue weighted by molar-refractivity contribution is -0.134. The molecule has 124 valence electrons. The van der Waals surface area contributed by atoms with Crippen LogP contribution in [0, 0.1) is 6.92 Å². The summed E-state index contributed by atoms with van der Waals surface area (Å²) in [5.74, 6) is 0.175. The molecule has 1 atom stereocenters. The standard InChI is InChI=1S/C16H23N5OS/c1-13(21-7-4-17-12-21)16(22)20-6-3-5-19(8-9-20)10-15-11-23-14(2)18-15/h4,7,11-13H,3,5-6,8-10H2,1-2H3.